The highest BCUT2D eigenvalue weighted by Gasteiger charge is 2.52. The Labute approximate surface area is 195 Å². The van der Waals surface area contributed by atoms with Crippen molar-refractivity contribution in [2.75, 3.05) is 31.2 Å². The minimum Gasteiger partial charge on any atom is -0.398 e. The lowest BCUT2D eigenvalue weighted by molar-refractivity contribution is 0.00578. The van der Waals surface area contributed by atoms with E-state index in [9.17, 15) is 0 Å². The number of anilines is 1. The number of pyridine rings is 3. The second-order valence-electron chi connectivity index (χ2n) is 9.42. The van der Waals surface area contributed by atoms with Crippen molar-refractivity contribution >= 4 is 18.5 Å². The minimum absolute atomic E-state index is 0.412. The zero-order valence-electron chi connectivity index (χ0n) is 19.6. The van der Waals surface area contributed by atoms with Crippen LogP contribution in [0.1, 0.15) is 27.7 Å². The fraction of sp³-hybridized carbons (Fsp3) is 0.400. The summed E-state index contributed by atoms with van der Waals surface area (Å²) < 4.78 is 17.8. The van der Waals surface area contributed by atoms with E-state index in [1.807, 2.05) is 82.3 Å². The van der Waals surface area contributed by atoms with Crippen molar-refractivity contribution in [1.29, 1.82) is 0 Å². The molecule has 0 amide bonds. The molecule has 0 saturated carbocycles. The van der Waals surface area contributed by atoms with Crippen molar-refractivity contribution in [3.05, 3.63) is 54.6 Å². The molecule has 3 aromatic heterocycles. The summed E-state index contributed by atoms with van der Waals surface area (Å²) in [6.45, 7) is 11.3. The van der Waals surface area contributed by atoms with Crippen LogP contribution >= 0.6 is 0 Å². The van der Waals surface area contributed by atoms with Crippen molar-refractivity contribution in [3.63, 3.8) is 0 Å². The molecule has 0 bridgehead atoms. The third-order valence-corrected chi connectivity index (χ3v) is 6.61. The normalized spacial score (nSPS) is 19.6. The average Bonchev–Trinajstić information content (AvgIpc) is 3.07. The van der Waals surface area contributed by atoms with Crippen molar-refractivity contribution in [3.8, 4) is 22.8 Å². The van der Waals surface area contributed by atoms with E-state index in [1.165, 1.54) is 0 Å². The van der Waals surface area contributed by atoms with Crippen molar-refractivity contribution in [1.82, 2.24) is 15.0 Å². The van der Waals surface area contributed by atoms with Crippen LogP contribution in [0, 0.1) is 0 Å². The first-order chi connectivity index (χ1) is 15.8. The maximum Gasteiger partial charge on any atom is 0.514 e. The molecule has 5 heterocycles. The van der Waals surface area contributed by atoms with Gasteiger partial charge in [-0.25, -0.2) is 9.97 Å². The Morgan fingerprint density at radius 1 is 0.697 bits per heavy atom. The SMILES string of the molecule is CC1(C)OB(c2cccc(-c3cccc(-c4cccc(N5CCOCC5)n4)n3)n2)OC1(C)C. The predicted octanol–water partition coefficient (Wildman–Crippen LogP) is 3.34. The van der Waals surface area contributed by atoms with E-state index < -0.39 is 18.3 Å². The molecule has 7 nitrogen and oxygen atoms in total. The second-order valence-corrected chi connectivity index (χ2v) is 9.42. The molecular weight excluding hydrogens is 415 g/mol. The monoisotopic (exact) mass is 444 g/mol. The number of aromatic nitrogens is 3. The van der Waals surface area contributed by atoms with E-state index >= 15 is 0 Å². The van der Waals surface area contributed by atoms with Crippen LogP contribution in [0.15, 0.2) is 54.6 Å². The molecular formula is C25H29BN4O3. The summed E-state index contributed by atoms with van der Waals surface area (Å²) in [6.07, 6.45) is 0. The van der Waals surface area contributed by atoms with Crippen LogP contribution in [-0.4, -0.2) is 59.6 Å². The van der Waals surface area contributed by atoms with Crippen LogP contribution in [0.2, 0.25) is 0 Å². The van der Waals surface area contributed by atoms with E-state index in [0.717, 1.165) is 60.5 Å². The van der Waals surface area contributed by atoms with Gasteiger partial charge < -0.3 is 18.9 Å². The lowest BCUT2D eigenvalue weighted by Crippen LogP contribution is -2.41. The first kappa shape index (κ1) is 22.0. The Hall–Kier alpha value is -2.81. The van der Waals surface area contributed by atoms with Gasteiger partial charge in [0.05, 0.1) is 52.8 Å². The van der Waals surface area contributed by atoms with E-state index in [1.54, 1.807) is 0 Å². The Balaban J connectivity index is 1.42. The van der Waals surface area contributed by atoms with Crippen LogP contribution in [0.5, 0.6) is 0 Å². The minimum atomic E-state index is -0.509. The second kappa shape index (κ2) is 8.52. The quantitative estimate of drug-likeness (QED) is 0.572. The number of nitrogens with zero attached hydrogens (tertiary/aromatic N) is 4. The molecule has 2 fully saturated rings. The number of hydrogen-bond acceptors (Lipinski definition) is 7. The molecule has 5 rings (SSSR count). The molecule has 170 valence electrons. The summed E-state index contributed by atoms with van der Waals surface area (Å²) >= 11 is 0. The lowest BCUT2D eigenvalue weighted by Gasteiger charge is -2.32. The van der Waals surface area contributed by atoms with Crippen LogP contribution in [0.4, 0.5) is 5.82 Å². The molecule has 0 aromatic carbocycles. The van der Waals surface area contributed by atoms with E-state index in [0.29, 0.717) is 0 Å². The fourth-order valence-corrected chi connectivity index (χ4v) is 3.94. The average molecular weight is 444 g/mol. The largest absolute Gasteiger partial charge is 0.514 e. The number of morpholine rings is 1. The van der Waals surface area contributed by atoms with Gasteiger partial charge in [-0.1, -0.05) is 18.2 Å². The smallest absolute Gasteiger partial charge is 0.398 e. The third-order valence-electron chi connectivity index (χ3n) is 6.61. The van der Waals surface area contributed by atoms with Gasteiger partial charge in [-0.05, 0) is 64.1 Å². The van der Waals surface area contributed by atoms with E-state index in [-0.39, 0.29) is 0 Å². The van der Waals surface area contributed by atoms with Crippen LogP contribution in [-0.2, 0) is 14.0 Å². The van der Waals surface area contributed by atoms with Gasteiger partial charge in [0.2, 0.25) is 0 Å². The summed E-state index contributed by atoms with van der Waals surface area (Å²) in [5, 5.41) is 0. The highest BCUT2D eigenvalue weighted by Crippen LogP contribution is 2.36. The summed E-state index contributed by atoms with van der Waals surface area (Å²) in [4.78, 5) is 16.8. The fourth-order valence-electron chi connectivity index (χ4n) is 3.94. The van der Waals surface area contributed by atoms with Gasteiger partial charge in [-0.3, -0.25) is 4.98 Å². The molecule has 0 aliphatic carbocycles. The lowest BCUT2D eigenvalue weighted by atomic mass is 9.84. The topological polar surface area (TPSA) is 69.6 Å². The van der Waals surface area contributed by atoms with E-state index in [4.69, 9.17) is 29.0 Å². The standard InChI is InChI=1S/C25H29BN4O3/c1-24(2)25(3,4)33-26(32-24)22-12-6-10-20(28-22)18-8-5-9-19(27-18)21-11-7-13-23(29-21)30-14-16-31-17-15-30/h5-13H,14-17H2,1-4H3. The Morgan fingerprint density at radius 3 is 1.85 bits per heavy atom. The van der Waals surface area contributed by atoms with Crippen molar-refractivity contribution < 1.29 is 14.0 Å². The van der Waals surface area contributed by atoms with Crippen LogP contribution < -0.4 is 10.5 Å². The summed E-state index contributed by atoms with van der Waals surface area (Å²) in [5.74, 6) is 0.948. The zero-order chi connectivity index (χ0) is 23.1. The van der Waals surface area contributed by atoms with Crippen LogP contribution in [0.25, 0.3) is 22.8 Å². The van der Waals surface area contributed by atoms with Gasteiger partial charge in [0.15, 0.2) is 0 Å². The molecule has 0 unspecified atom stereocenters. The molecule has 0 radical (unpaired) electrons. The molecule has 3 aromatic rings. The first-order valence-corrected chi connectivity index (χ1v) is 11.4. The Morgan fingerprint density at radius 2 is 1.21 bits per heavy atom. The molecule has 0 atom stereocenters. The molecule has 8 heteroatoms. The molecule has 33 heavy (non-hydrogen) atoms. The van der Waals surface area contributed by atoms with Gasteiger partial charge in [-0.15, -0.1) is 0 Å². The van der Waals surface area contributed by atoms with Crippen molar-refractivity contribution in [2.24, 2.45) is 0 Å². The Kier molecular flexibility index (Phi) is 5.68. The van der Waals surface area contributed by atoms with Gasteiger partial charge >= 0.3 is 7.12 Å². The van der Waals surface area contributed by atoms with Crippen LogP contribution in [0.3, 0.4) is 0 Å². The third kappa shape index (κ3) is 4.38. The summed E-state index contributed by atoms with van der Waals surface area (Å²) in [7, 11) is -0.509. The van der Waals surface area contributed by atoms with E-state index in [2.05, 4.69) is 4.90 Å². The molecule has 2 saturated heterocycles. The molecule has 2 aliphatic rings. The van der Waals surface area contributed by atoms with Gasteiger partial charge in [0.1, 0.15) is 5.82 Å². The number of ether oxygens (including phenoxy) is 1. The Bertz CT molecular complexity index is 1130. The molecule has 2 aliphatic heterocycles. The summed E-state index contributed by atoms with van der Waals surface area (Å²) in [6, 6.07) is 17.8. The maximum absolute atomic E-state index is 6.18. The maximum atomic E-state index is 6.18. The number of hydrogen-bond donors (Lipinski definition) is 0. The van der Waals surface area contributed by atoms with Gasteiger partial charge in [0, 0.05) is 13.1 Å². The first-order valence-electron chi connectivity index (χ1n) is 11.4. The van der Waals surface area contributed by atoms with Gasteiger partial charge in [-0.2, -0.15) is 0 Å². The zero-order valence-corrected chi connectivity index (χ0v) is 19.6. The highest BCUT2D eigenvalue weighted by molar-refractivity contribution is 6.61. The van der Waals surface area contributed by atoms with Crippen molar-refractivity contribution in [2.45, 2.75) is 38.9 Å². The number of rotatable bonds is 4. The predicted molar refractivity (Wildman–Crippen MR) is 129 cm³/mol. The summed E-state index contributed by atoms with van der Waals surface area (Å²) in [5.41, 5.74) is 3.12. The molecule has 0 spiro atoms. The van der Waals surface area contributed by atoms with Gasteiger partial charge in [0.25, 0.3) is 0 Å². The molecule has 0 N–H and O–H groups in total. The highest BCUT2D eigenvalue weighted by atomic mass is 16.7.